The van der Waals surface area contributed by atoms with Gasteiger partial charge in [-0.2, -0.15) is 10.1 Å². The van der Waals surface area contributed by atoms with Crippen molar-refractivity contribution < 1.29 is 14.4 Å². The monoisotopic (exact) mass is 234 g/mol. The Bertz CT molecular complexity index is 555. The Hall–Kier alpha value is -2.18. The van der Waals surface area contributed by atoms with Crippen molar-refractivity contribution in [3.8, 4) is 0 Å². The van der Waals surface area contributed by atoms with Crippen LogP contribution in [0.5, 0.6) is 0 Å². The van der Waals surface area contributed by atoms with E-state index < -0.39 is 5.97 Å². The van der Waals surface area contributed by atoms with Crippen molar-refractivity contribution in [3.05, 3.63) is 29.7 Å². The lowest BCUT2D eigenvalue weighted by Crippen LogP contribution is -2.11. The Morgan fingerprint density at radius 1 is 1.59 bits per heavy atom. The van der Waals surface area contributed by atoms with Crippen LogP contribution in [-0.4, -0.2) is 31.0 Å². The lowest BCUT2D eigenvalue weighted by atomic mass is 10.4. The molecule has 7 heteroatoms. The normalized spacial score (nSPS) is 15.1. The average molecular weight is 234 g/mol. The molecule has 0 aliphatic heterocycles. The number of hydrogen-bond acceptors (Lipinski definition) is 5. The van der Waals surface area contributed by atoms with Gasteiger partial charge in [0.15, 0.2) is 5.82 Å². The first kappa shape index (κ1) is 10.0. The van der Waals surface area contributed by atoms with Crippen molar-refractivity contribution in [2.75, 3.05) is 0 Å². The minimum absolute atomic E-state index is 0.114. The Morgan fingerprint density at radius 2 is 2.41 bits per heavy atom. The van der Waals surface area contributed by atoms with E-state index in [1.54, 1.807) is 0 Å². The molecule has 88 valence electrons. The molecule has 2 aromatic heterocycles. The lowest BCUT2D eigenvalue weighted by Gasteiger charge is -1.99. The number of aromatic nitrogens is 4. The van der Waals surface area contributed by atoms with Crippen LogP contribution in [0.3, 0.4) is 0 Å². The maximum atomic E-state index is 10.9. The van der Waals surface area contributed by atoms with E-state index in [1.165, 1.54) is 16.9 Å². The van der Waals surface area contributed by atoms with Crippen LogP contribution in [0.15, 0.2) is 16.8 Å². The summed E-state index contributed by atoms with van der Waals surface area (Å²) in [5.41, 5.74) is 0.114. The van der Waals surface area contributed by atoms with E-state index >= 15 is 0 Å². The highest BCUT2D eigenvalue weighted by Gasteiger charge is 2.29. The maximum absolute atomic E-state index is 10.9. The number of carbonyl (C=O) groups is 1. The molecule has 0 saturated heterocycles. The van der Waals surface area contributed by atoms with Gasteiger partial charge in [0.25, 0.3) is 0 Å². The number of hydrogen-bond donors (Lipinski definition) is 1. The smallest absolute Gasteiger partial charge is 0.354 e. The van der Waals surface area contributed by atoms with Gasteiger partial charge in [0.05, 0.1) is 0 Å². The standard InChI is InChI=1S/C10H10N4O3/c15-10(16)7-3-4-11-14(7)5-8-12-9(17-13-8)6-1-2-6/h3-4,6H,1-2,5H2,(H,15,16). The average Bonchev–Trinajstić information content (AvgIpc) is 2.87. The first-order valence-corrected chi connectivity index (χ1v) is 5.31. The zero-order valence-electron chi connectivity index (χ0n) is 8.91. The number of carboxylic acids is 1. The third-order valence-electron chi connectivity index (χ3n) is 2.64. The van der Waals surface area contributed by atoms with Gasteiger partial charge in [-0.3, -0.25) is 4.68 Å². The van der Waals surface area contributed by atoms with Crippen molar-refractivity contribution in [2.45, 2.75) is 25.3 Å². The van der Waals surface area contributed by atoms with Gasteiger partial charge in [-0.05, 0) is 18.9 Å². The van der Waals surface area contributed by atoms with Gasteiger partial charge in [0.2, 0.25) is 5.89 Å². The van der Waals surface area contributed by atoms with Crippen molar-refractivity contribution in [1.29, 1.82) is 0 Å². The van der Waals surface area contributed by atoms with Crippen molar-refractivity contribution in [1.82, 2.24) is 19.9 Å². The summed E-state index contributed by atoms with van der Waals surface area (Å²) in [6.45, 7) is 0.213. The molecule has 0 radical (unpaired) electrons. The van der Waals surface area contributed by atoms with E-state index in [0.29, 0.717) is 17.6 Å². The summed E-state index contributed by atoms with van der Waals surface area (Å²) in [6, 6.07) is 1.43. The van der Waals surface area contributed by atoms with E-state index in [0.717, 1.165) is 12.8 Å². The van der Waals surface area contributed by atoms with Crippen LogP contribution in [0.2, 0.25) is 0 Å². The highest BCUT2D eigenvalue weighted by Crippen LogP contribution is 2.38. The van der Waals surface area contributed by atoms with E-state index in [4.69, 9.17) is 9.63 Å². The van der Waals surface area contributed by atoms with Crippen molar-refractivity contribution in [3.63, 3.8) is 0 Å². The maximum Gasteiger partial charge on any atom is 0.354 e. The topological polar surface area (TPSA) is 94.0 Å². The predicted octanol–water partition coefficient (Wildman–Crippen LogP) is 0.890. The molecule has 1 aliphatic carbocycles. The van der Waals surface area contributed by atoms with Crippen LogP contribution in [0, 0.1) is 0 Å². The van der Waals surface area contributed by atoms with E-state index in [2.05, 4.69) is 15.2 Å². The summed E-state index contributed by atoms with van der Waals surface area (Å²) >= 11 is 0. The van der Waals surface area contributed by atoms with E-state index in [9.17, 15) is 4.79 Å². The predicted molar refractivity (Wildman–Crippen MR) is 54.6 cm³/mol. The van der Waals surface area contributed by atoms with Crippen molar-refractivity contribution >= 4 is 5.97 Å². The molecule has 0 unspecified atom stereocenters. The van der Waals surface area contributed by atoms with Crippen molar-refractivity contribution in [2.24, 2.45) is 0 Å². The summed E-state index contributed by atoms with van der Waals surface area (Å²) in [6.07, 6.45) is 3.61. The minimum Gasteiger partial charge on any atom is -0.477 e. The zero-order valence-corrected chi connectivity index (χ0v) is 8.91. The molecule has 17 heavy (non-hydrogen) atoms. The molecule has 3 rings (SSSR count). The van der Waals surface area contributed by atoms with E-state index in [1.807, 2.05) is 0 Å². The summed E-state index contributed by atoms with van der Waals surface area (Å²) in [5, 5.41) is 16.6. The number of rotatable bonds is 4. The number of carboxylic acid groups (broad SMARTS) is 1. The Morgan fingerprint density at radius 3 is 3.12 bits per heavy atom. The highest BCUT2D eigenvalue weighted by atomic mass is 16.5. The molecule has 0 aromatic carbocycles. The van der Waals surface area contributed by atoms with Gasteiger partial charge in [-0.1, -0.05) is 5.16 Å². The second-order valence-corrected chi connectivity index (χ2v) is 4.00. The molecule has 0 amide bonds. The first-order chi connectivity index (χ1) is 8.24. The minimum atomic E-state index is -1.02. The van der Waals surface area contributed by atoms with Gasteiger partial charge in [-0.15, -0.1) is 0 Å². The molecule has 1 fully saturated rings. The highest BCUT2D eigenvalue weighted by molar-refractivity contribution is 5.85. The lowest BCUT2D eigenvalue weighted by molar-refractivity contribution is 0.0684. The number of nitrogens with zero attached hydrogens (tertiary/aromatic N) is 4. The largest absolute Gasteiger partial charge is 0.477 e. The molecule has 2 aromatic rings. The summed E-state index contributed by atoms with van der Waals surface area (Å²) < 4.78 is 6.43. The van der Waals surface area contributed by atoms with Crippen LogP contribution in [0.25, 0.3) is 0 Å². The number of aromatic carboxylic acids is 1. The summed E-state index contributed by atoms with van der Waals surface area (Å²) in [7, 11) is 0. The SMILES string of the molecule is O=C(O)c1ccnn1Cc1noc(C2CC2)n1. The third kappa shape index (κ3) is 1.91. The quantitative estimate of drug-likeness (QED) is 0.844. The fourth-order valence-corrected chi connectivity index (χ4v) is 1.60. The first-order valence-electron chi connectivity index (χ1n) is 5.31. The van der Waals surface area contributed by atoms with Crippen LogP contribution in [0.4, 0.5) is 0 Å². The fourth-order valence-electron chi connectivity index (χ4n) is 1.60. The molecule has 0 spiro atoms. The third-order valence-corrected chi connectivity index (χ3v) is 2.64. The van der Waals surface area contributed by atoms with Gasteiger partial charge in [0, 0.05) is 12.1 Å². The van der Waals surface area contributed by atoms with Gasteiger partial charge in [-0.25, -0.2) is 4.79 Å². The van der Waals surface area contributed by atoms with E-state index in [-0.39, 0.29) is 12.2 Å². The Kier molecular flexibility index (Phi) is 2.17. The molecule has 1 aliphatic rings. The van der Waals surface area contributed by atoms with Gasteiger partial charge in [0.1, 0.15) is 12.2 Å². The molecule has 7 nitrogen and oxygen atoms in total. The molecule has 1 N–H and O–H groups in total. The molecule has 1 saturated carbocycles. The van der Waals surface area contributed by atoms with Crippen LogP contribution < -0.4 is 0 Å². The van der Waals surface area contributed by atoms with Crippen LogP contribution >= 0.6 is 0 Å². The zero-order chi connectivity index (χ0) is 11.8. The molecular formula is C10H10N4O3. The van der Waals surface area contributed by atoms with Crippen LogP contribution in [-0.2, 0) is 6.54 Å². The summed E-state index contributed by atoms with van der Waals surface area (Å²) in [4.78, 5) is 15.1. The summed E-state index contributed by atoms with van der Waals surface area (Å²) in [5.74, 6) is 0.475. The Balaban J connectivity index is 1.80. The van der Waals surface area contributed by atoms with Gasteiger partial charge < -0.3 is 9.63 Å². The fraction of sp³-hybridized carbons (Fsp3) is 0.400. The van der Waals surface area contributed by atoms with Gasteiger partial charge >= 0.3 is 5.97 Å². The molecule has 0 atom stereocenters. The molecule has 0 bridgehead atoms. The van der Waals surface area contributed by atoms with Crippen LogP contribution in [0.1, 0.15) is 41.0 Å². The molecular weight excluding hydrogens is 224 g/mol. The second kappa shape index (κ2) is 3.69. The second-order valence-electron chi connectivity index (χ2n) is 4.00. The Labute approximate surface area is 96.1 Å². The molecule has 2 heterocycles.